The minimum atomic E-state index is 0.502. The summed E-state index contributed by atoms with van der Waals surface area (Å²) in [5, 5.41) is 8.34. The topological polar surface area (TPSA) is 49.8 Å². The summed E-state index contributed by atoms with van der Waals surface area (Å²) in [5.74, 6) is 0.502. The molecular formula is C9H10N2S. The van der Waals surface area contributed by atoms with Gasteiger partial charge in [-0.05, 0) is 17.7 Å². The Morgan fingerprint density at radius 1 is 1.33 bits per heavy atom. The zero-order chi connectivity index (χ0) is 8.81. The van der Waals surface area contributed by atoms with Gasteiger partial charge < -0.3 is 5.73 Å². The summed E-state index contributed by atoms with van der Waals surface area (Å²) in [6, 6.07) is 10.0. The van der Waals surface area contributed by atoms with Gasteiger partial charge in [-0.3, -0.25) is 0 Å². The molecule has 0 amide bonds. The normalized spacial score (nSPS) is 9.33. The lowest BCUT2D eigenvalue weighted by Gasteiger charge is -1.98. The third-order valence-corrected chi connectivity index (χ3v) is 2.34. The molecule has 2 N–H and O–H groups in total. The van der Waals surface area contributed by atoms with Crippen LogP contribution in [0.15, 0.2) is 29.2 Å². The summed E-state index contributed by atoms with van der Waals surface area (Å²) >= 11 is 1.54. The summed E-state index contributed by atoms with van der Waals surface area (Å²) in [6.07, 6.45) is 0. The number of benzene rings is 1. The fourth-order valence-electron chi connectivity index (χ4n) is 0.837. The summed E-state index contributed by atoms with van der Waals surface area (Å²) in [4.78, 5) is 1.12. The quantitative estimate of drug-likeness (QED) is 0.717. The van der Waals surface area contributed by atoms with Crippen molar-refractivity contribution < 1.29 is 0 Å². The maximum atomic E-state index is 8.34. The van der Waals surface area contributed by atoms with Crippen LogP contribution in [0.4, 0.5) is 0 Å². The predicted octanol–water partition coefficient (Wildman–Crippen LogP) is 1.76. The fourth-order valence-corrected chi connectivity index (χ4v) is 1.40. The van der Waals surface area contributed by atoms with Crippen LogP contribution in [0.25, 0.3) is 0 Å². The van der Waals surface area contributed by atoms with E-state index in [0.717, 1.165) is 10.5 Å². The van der Waals surface area contributed by atoms with E-state index in [4.69, 9.17) is 11.0 Å². The zero-order valence-corrected chi connectivity index (χ0v) is 7.47. The van der Waals surface area contributed by atoms with E-state index < -0.39 is 0 Å². The van der Waals surface area contributed by atoms with Gasteiger partial charge in [0.15, 0.2) is 0 Å². The van der Waals surface area contributed by atoms with Crippen LogP contribution in [0, 0.1) is 11.3 Å². The van der Waals surface area contributed by atoms with E-state index in [0.29, 0.717) is 12.3 Å². The Labute approximate surface area is 76.4 Å². The van der Waals surface area contributed by atoms with Gasteiger partial charge in [0.2, 0.25) is 0 Å². The highest BCUT2D eigenvalue weighted by molar-refractivity contribution is 7.99. The van der Waals surface area contributed by atoms with Gasteiger partial charge in [-0.25, -0.2) is 0 Å². The Hall–Kier alpha value is -0.980. The van der Waals surface area contributed by atoms with Gasteiger partial charge in [0.05, 0.1) is 11.8 Å². The van der Waals surface area contributed by atoms with Crippen LogP contribution >= 0.6 is 11.8 Å². The maximum absolute atomic E-state index is 8.34. The van der Waals surface area contributed by atoms with Crippen molar-refractivity contribution in [3.8, 4) is 6.07 Å². The molecule has 0 aliphatic rings. The van der Waals surface area contributed by atoms with Crippen molar-refractivity contribution in [3.63, 3.8) is 0 Å². The highest BCUT2D eigenvalue weighted by Crippen LogP contribution is 2.17. The number of nitrogens with zero attached hydrogens (tertiary/aromatic N) is 1. The lowest BCUT2D eigenvalue weighted by atomic mass is 10.2. The molecule has 0 atom stereocenters. The van der Waals surface area contributed by atoms with Crippen LogP contribution in [0.1, 0.15) is 5.56 Å². The summed E-state index contributed by atoms with van der Waals surface area (Å²) in [5.41, 5.74) is 6.56. The number of thioether (sulfide) groups is 1. The van der Waals surface area contributed by atoms with Crippen molar-refractivity contribution >= 4 is 11.8 Å². The lowest BCUT2D eigenvalue weighted by Crippen LogP contribution is -1.94. The Balaban J connectivity index is 2.60. The van der Waals surface area contributed by atoms with Crippen LogP contribution in [-0.4, -0.2) is 5.75 Å². The van der Waals surface area contributed by atoms with Crippen LogP contribution in [0.3, 0.4) is 0 Å². The van der Waals surface area contributed by atoms with Gasteiger partial charge in [0.1, 0.15) is 0 Å². The van der Waals surface area contributed by atoms with Crippen LogP contribution < -0.4 is 5.73 Å². The molecule has 0 unspecified atom stereocenters. The molecule has 1 rings (SSSR count). The number of hydrogen-bond donors (Lipinski definition) is 1. The Kier molecular flexibility index (Phi) is 3.65. The van der Waals surface area contributed by atoms with E-state index in [1.807, 2.05) is 24.3 Å². The van der Waals surface area contributed by atoms with Gasteiger partial charge in [0, 0.05) is 11.4 Å². The van der Waals surface area contributed by atoms with E-state index in [2.05, 4.69) is 6.07 Å². The molecular weight excluding hydrogens is 168 g/mol. The second-order valence-corrected chi connectivity index (χ2v) is 3.34. The molecule has 1 aromatic rings. The molecule has 62 valence electrons. The molecule has 0 fully saturated rings. The van der Waals surface area contributed by atoms with E-state index in [1.165, 1.54) is 11.8 Å². The van der Waals surface area contributed by atoms with Crippen molar-refractivity contribution in [2.24, 2.45) is 5.73 Å². The molecule has 0 radical (unpaired) electrons. The molecule has 0 aliphatic carbocycles. The first-order valence-electron chi connectivity index (χ1n) is 3.65. The van der Waals surface area contributed by atoms with E-state index in [-0.39, 0.29) is 0 Å². The van der Waals surface area contributed by atoms with Crippen molar-refractivity contribution in [2.75, 3.05) is 5.75 Å². The molecule has 0 heterocycles. The second kappa shape index (κ2) is 4.81. The third-order valence-electron chi connectivity index (χ3n) is 1.46. The van der Waals surface area contributed by atoms with Crippen molar-refractivity contribution in [3.05, 3.63) is 29.8 Å². The van der Waals surface area contributed by atoms with Crippen LogP contribution in [0.2, 0.25) is 0 Å². The SMILES string of the molecule is N#CCSc1ccc(CN)cc1. The minimum absolute atomic E-state index is 0.502. The summed E-state index contributed by atoms with van der Waals surface area (Å²) in [7, 11) is 0. The predicted molar refractivity (Wildman–Crippen MR) is 50.7 cm³/mol. The first-order chi connectivity index (χ1) is 5.86. The average Bonchev–Trinajstić information content (AvgIpc) is 2.15. The van der Waals surface area contributed by atoms with Gasteiger partial charge in [0.25, 0.3) is 0 Å². The van der Waals surface area contributed by atoms with E-state index in [9.17, 15) is 0 Å². The van der Waals surface area contributed by atoms with Gasteiger partial charge in [-0.1, -0.05) is 12.1 Å². The summed E-state index contributed by atoms with van der Waals surface area (Å²) < 4.78 is 0. The third kappa shape index (κ3) is 2.57. The molecule has 0 saturated heterocycles. The highest BCUT2D eigenvalue weighted by Gasteiger charge is 1.92. The van der Waals surface area contributed by atoms with Crippen molar-refractivity contribution in [1.29, 1.82) is 5.26 Å². The molecule has 1 aromatic carbocycles. The van der Waals surface area contributed by atoms with E-state index in [1.54, 1.807) is 0 Å². The standard InChI is InChI=1S/C9H10N2S/c10-5-6-12-9-3-1-8(7-11)2-4-9/h1-4H,6-7,11H2. The first kappa shape index (κ1) is 9.11. The Bertz CT molecular complexity index is 274. The maximum Gasteiger partial charge on any atom is 0.0855 e. The number of hydrogen-bond acceptors (Lipinski definition) is 3. The molecule has 2 nitrogen and oxygen atoms in total. The molecule has 0 spiro atoms. The minimum Gasteiger partial charge on any atom is -0.326 e. The number of rotatable bonds is 3. The van der Waals surface area contributed by atoms with Crippen LogP contribution in [0.5, 0.6) is 0 Å². The van der Waals surface area contributed by atoms with Gasteiger partial charge in [-0.2, -0.15) is 5.26 Å². The van der Waals surface area contributed by atoms with Crippen LogP contribution in [-0.2, 0) is 6.54 Å². The molecule has 3 heteroatoms. The lowest BCUT2D eigenvalue weighted by molar-refractivity contribution is 1.07. The smallest absolute Gasteiger partial charge is 0.0855 e. The molecule has 0 saturated carbocycles. The average molecular weight is 178 g/mol. The summed E-state index contributed by atoms with van der Waals surface area (Å²) in [6.45, 7) is 0.573. The van der Waals surface area contributed by atoms with E-state index >= 15 is 0 Å². The van der Waals surface area contributed by atoms with Crippen molar-refractivity contribution in [1.82, 2.24) is 0 Å². The largest absolute Gasteiger partial charge is 0.326 e. The molecule has 0 aromatic heterocycles. The zero-order valence-electron chi connectivity index (χ0n) is 6.66. The monoisotopic (exact) mass is 178 g/mol. The molecule has 0 aliphatic heterocycles. The second-order valence-electron chi connectivity index (χ2n) is 2.29. The van der Waals surface area contributed by atoms with Gasteiger partial charge in [-0.15, -0.1) is 11.8 Å². The molecule has 0 bridgehead atoms. The number of nitriles is 1. The number of nitrogens with two attached hydrogens (primary N) is 1. The fraction of sp³-hybridized carbons (Fsp3) is 0.222. The van der Waals surface area contributed by atoms with Gasteiger partial charge >= 0.3 is 0 Å². The van der Waals surface area contributed by atoms with Crippen molar-refractivity contribution in [2.45, 2.75) is 11.4 Å². The Morgan fingerprint density at radius 3 is 2.50 bits per heavy atom. The first-order valence-corrected chi connectivity index (χ1v) is 4.64. The molecule has 12 heavy (non-hydrogen) atoms. The Morgan fingerprint density at radius 2 is 2.00 bits per heavy atom. The highest BCUT2D eigenvalue weighted by atomic mass is 32.2.